The molecule has 0 radical (unpaired) electrons. The highest BCUT2D eigenvalue weighted by molar-refractivity contribution is 14.1. The molecular weight excluding hydrogens is 410 g/mol. The Morgan fingerprint density at radius 1 is 1.31 bits per heavy atom. The van der Waals surface area contributed by atoms with E-state index in [1.54, 1.807) is 11.3 Å². The molecule has 0 saturated heterocycles. The van der Waals surface area contributed by atoms with Crippen LogP contribution < -0.4 is 0 Å². The number of hydrogen-bond acceptors (Lipinski definition) is 2. The molecule has 0 atom stereocenters. The molecule has 0 aliphatic carbocycles. The van der Waals surface area contributed by atoms with Crippen molar-refractivity contribution >= 4 is 72.9 Å². The minimum Gasteiger partial charge on any atom is -0.297 e. The Hall–Kier alpha value is 0.310. The minimum absolute atomic E-state index is 0.833. The second-order valence-electron chi connectivity index (χ2n) is 2.51. The summed E-state index contributed by atoms with van der Waals surface area (Å²) in [6.45, 7) is 0. The molecule has 0 spiro atoms. The zero-order valence-corrected chi connectivity index (χ0v) is 11.5. The van der Waals surface area contributed by atoms with Gasteiger partial charge in [-0.25, -0.2) is 0 Å². The Morgan fingerprint density at radius 2 is 2.08 bits per heavy atom. The second kappa shape index (κ2) is 3.82. The quantitative estimate of drug-likeness (QED) is 0.511. The van der Waals surface area contributed by atoms with Gasteiger partial charge >= 0.3 is 0 Å². The van der Waals surface area contributed by atoms with Crippen molar-refractivity contribution in [1.82, 2.24) is 0 Å². The van der Waals surface area contributed by atoms with Gasteiger partial charge in [0.05, 0.1) is 4.88 Å². The lowest BCUT2D eigenvalue weighted by Crippen LogP contribution is -1.77. The van der Waals surface area contributed by atoms with Gasteiger partial charge < -0.3 is 0 Å². The third kappa shape index (κ3) is 1.63. The fourth-order valence-electron chi connectivity index (χ4n) is 1.16. The van der Waals surface area contributed by atoms with E-state index in [0.717, 1.165) is 14.7 Å². The largest absolute Gasteiger partial charge is 0.297 e. The summed E-state index contributed by atoms with van der Waals surface area (Å²) in [5.41, 5.74) is 0. The lowest BCUT2D eigenvalue weighted by Gasteiger charge is -1.93. The van der Waals surface area contributed by atoms with E-state index in [2.05, 4.69) is 57.3 Å². The lowest BCUT2D eigenvalue weighted by atomic mass is 10.2. The number of rotatable bonds is 1. The fraction of sp³-hybridized carbons (Fsp3) is 0. The van der Waals surface area contributed by atoms with E-state index in [4.69, 9.17) is 0 Å². The van der Waals surface area contributed by atoms with Crippen molar-refractivity contribution in [3.05, 3.63) is 30.2 Å². The number of benzene rings is 1. The molecule has 0 aliphatic heterocycles. The monoisotopic (exact) mass is 414 g/mol. The highest BCUT2D eigenvalue weighted by Crippen LogP contribution is 2.34. The van der Waals surface area contributed by atoms with Gasteiger partial charge in [-0.05, 0) is 57.3 Å². The first-order valence-corrected chi connectivity index (χ1v) is 6.53. The summed E-state index contributed by atoms with van der Waals surface area (Å²) in [4.78, 5) is 11.5. The average molecular weight is 414 g/mol. The van der Waals surface area contributed by atoms with Crippen LogP contribution in [-0.2, 0) is 0 Å². The zero-order chi connectivity index (χ0) is 9.42. The molecule has 2 aromatic rings. The predicted octanol–water partition coefficient (Wildman–Crippen LogP) is 3.92. The molecule has 0 amide bonds. The Labute approximate surface area is 107 Å². The highest BCUT2D eigenvalue weighted by atomic mass is 127. The van der Waals surface area contributed by atoms with Crippen LogP contribution in [0.25, 0.3) is 10.1 Å². The summed E-state index contributed by atoms with van der Waals surface area (Å²) in [5, 5.41) is 1.22. The second-order valence-corrected chi connectivity index (χ2v) is 5.84. The van der Waals surface area contributed by atoms with E-state index in [9.17, 15) is 4.79 Å². The number of halogens is 2. The summed E-state index contributed by atoms with van der Waals surface area (Å²) < 4.78 is 3.49. The molecule has 0 aliphatic rings. The maximum Gasteiger partial charge on any atom is 0.161 e. The van der Waals surface area contributed by atoms with Gasteiger partial charge in [0.2, 0.25) is 0 Å². The van der Waals surface area contributed by atoms with E-state index in [1.165, 1.54) is 13.7 Å². The summed E-state index contributed by atoms with van der Waals surface area (Å²) in [7, 11) is 0. The SMILES string of the molecule is O=Cc1sc2cccc(I)c2c1I. The van der Waals surface area contributed by atoms with Crippen LogP contribution in [0.2, 0.25) is 0 Å². The van der Waals surface area contributed by atoms with E-state index in [-0.39, 0.29) is 0 Å². The standard InChI is InChI=1S/C9H4I2OS/c10-5-2-1-3-6-8(5)9(11)7(4-12)13-6/h1-4H. The number of thiophene rings is 1. The summed E-state index contributed by atoms with van der Waals surface area (Å²) in [6, 6.07) is 6.13. The van der Waals surface area contributed by atoms with Crippen LogP contribution in [-0.4, -0.2) is 6.29 Å². The van der Waals surface area contributed by atoms with E-state index in [1.807, 2.05) is 6.07 Å². The molecule has 66 valence electrons. The molecule has 1 aromatic heterocycles. The van der Waals surface area contributed by atoms with Gasteiger partial charge in [-0.3, -0.25) is 4.79 Å². The van der Waals surface area contributed by atoms with Crippen molar-refractivity contribution in [3.8, 4) is 0 Å². The number of carbonyl (C=O) groups is 1. The number of hydrogen-bond donors (Lipinski definition) is 0. The molecule has 0 fully saturated rings. The molecule has 1 aromatic carbocycles. The van der Waals surface area contributed by atoms with Crippen molar-refractivity contribution in [2.24, 2.45) is 0 Å². The molecule has 0 unspecified atom stereocenters. The predicted molar refractivity (Wildman–Crippen MR) is 72.6 cm³/mol. The Balaban J connectivity index is 2.92. The highest BCUT2D eigenvalue weighted by Gasteiger charge is 2.10. The molecule has 4 heteroatoms. The summed E-state index contributed by atoms with van der Waals surface area (Å²) in [6.07, 6.45) is 0.933. The molecule has 1 nitrogen and oxygen atoms in total. The van der Waals surface area contributed by atoms with Crippen LogP contribution in [0.1, 0.15) is 9.67 Å². The smallest absolute Gasteiger partial charge is 0.161 e. The Kier molecular flexibility index (Phi) is 2.89. The van der Waals surface area contributed by atoms with Crippen LogP contribution in [0.5, 0.6) is 0 Å². The van der Waals surface area contributed by atoms with Gasteiger partial charge in [0, 0.05) is 17.2 Å². The van der Waals surface area contributed by atoms with Crippen LogP contribution in [0.15, 0.2) is 18.2 Å². The topological polar surface area (TPSA) is 17.1 Å². The molecule has 2 rings (SSSR count). The molecule has 0 saturated carbocycles. The molecule has 0 bridgehead atoms. The molecule has 1 heterocycles. The van der Waals surface area contributed by atoms with Gasteiger partial charge in [-0.15, -0.1) is 11.3 Å². The van der Waals surface area contributed by atoms with Crippen molar-refractivity contribution in [2.75, 3.05) is 0 Å². The van der Waals surface area contributed by atoms with Crippen molar-refractivity contribution in [3.63, 3.8) is 0 Å². The normalized spacial score (nSPS) is 10.6. The van der Waals surface area contributed by atoms with Gasteiger partial charge in [0.1, 0.15) is 0 Å². The number of fused-ring (bicyclic) bond motifs is 1. The Bertz CT molecular complexity index is 476. The van der Waals surface area contributed by atoms with Crippen LogP contribution in [0.3, 0.4) is 0 Å². The van der Waals surface area contributed by atoms with Crippen LogP contribution >= 0.6 is 56.5 Å². The lowest BCUT2D eigenvalue weighted by molar-refractivity contribution is 0.112. The summed E-state index contributed by atoms with van der Waals surface area (Å²) in [5.74, 6) is 0. The molecule has 13 heavy (non-hydrogen) atoms. The van der Waals surface area contributed by atoms with Gasteiger partial charge in [-0.1, -0.05) is 6.07 Å². The maximum absolute atomic E-state index is 10.7. The van der Waals surface area contributed by atoms with Crippen LogP contribution in [0.4, 0.5) is 0 Å². The third-order valence-corrected chi connectivity index (χ3v) is 5.20. The average Bonchev–Trinajstić information content (AvgIpc) is 2.44. The number of carbonyl (C=O) groups excluding carboxylic acids is 1. The third-order valence-electron chi connectivity index (χ3n) is 1.74. The minimum atomic E-state index is 0.833. The van der Waals surface area contributed by atoms with Crippen molar-refractivity contribution in [2.45, 2.75) is 0 Å². The molecular formula is C9H4I2OS. The van der Waals surface area contributed by atoms with E-state index < -0.39 is 0 Å². The number of aldehydes is 1. The van der Waals surface area contributed by atoms with E-state index >= 15 is 0 Å². The fourth-order valence-corrected chi connectivity index (χ4v) is 4.79. The van der Waals surface area contributed by atoms with Crippen molar-refractivity contribution in [1.29, 1.82) is 0 Å². The van der Waals surface area contributed by atoms with Gasteiger partial charge in [0.25, 0.3) is 0 Å². The molecule has 0 N–H and O–H groups in total. The zero-order valence-electron chi connectivity index (χ0n) is 6.38. The first-order chi connectivity index (χ1) is 6.24. The van der Waals surface area contributed by atoms with Crippen LogP contribution in [0, 0.1) is 7.14 Å². The van der Waals surface area contributed by atoms with Crippen molar-refractivity contribution < 1.29 is 4.79 Å². The van der Waals surface area contributed by atoms with Gasteiger partial charge in [-0.2, -0.15) is 0 Å². The maximum atomic E-state index is 10.7. The van der Waals surface area contributed by atoms with Gasteiger partial charge in [0.15, 0.2) is 6.29 Å². The first-order valence-electron chi connectivity index (χ1n) is 3.55. The Morgan fingerprint density at radius 3 is 2.69 bits per heavy atom. The van der Waals surface area contributed by atoms with E-state index in [0.29, 0.717) is 0 Å². The summed E-state index contributed by atoms with van der Waals surface area (Å²) >= 11 is 6.09. The first kappa shape index (κ1) is 9.85.